The molecule has 6 atom stereocenters. The third kappa shape index (κ3) is 3.46. The fourth-order valence-corrected chi connectivity index (χ4v) is 6.46. The first-order valence-corrected chi connectivity index (χ1v) is 11.7. The number of carboxylic acids is 1. The maximum atomic E-state index is 14.0. The molecule has 0 aliphatic carbocycles. The quantitative estimate of drug-likeness (QED) is 0.396. The van der Waals surface area contributed by atoms with Crippen LogP contribution >= 0.6 is 27.5 Å². The van der Waals surface area contributed by atoms with Gasteiger partial charge in [-0.3, -0.25) is 14.4 Å². The molecule has 2 bridgehead atoms. The number of halogens is 2. The number of likely N-dealkylation sites (tertiary alicyclic amines) is 1. The van der Waals surface area contributed by atoms with Crippen LogP contribution in [0.2, 0.25) is 5.02 Å². The molecule has 3 saturated heterocycles. The van der Waals surface area contributed by atoms with Crippen molar-refractivity contribution in [3.05, 3.63) is 41.9 Å². The van der Waals surface area contributed by atoms with Gasteiger partial charge < -0.3 is 24.7 Å². The van der Waals surface area contributed by atoms with Crippen LogP contribution in [0.15, 0.2) is 36.9 Å². The summed E-state index contributed by atoms with van der Waals surface area (Å²) in [6, 6.07) is 5.72. The Balaban J connectivity index is 1.79. The average molecular weight is 528 g/mol. The Kier molecular flexibility index (Phi) is 6.37. The third-order valence-corrected chi connectivity index (χ3v) is 7.68. The Morgan fingerprint density at radius 3 is 2.66 bits per heavy atom. The smallest absolute Gasteiger partial charge is 0.310 e. The molecule has 3 aliphatic heterocycles. The molecule has 0 saturated carbocycles. The van der Waals surface area contributed by atoms with Gasteiger partial charge in [0, 0.05) is 35.2 Å². The van der Waals surface area contributed by atoms with E-state index in [4.69, 9.17) is 16.3 Å². The third-order valence-electron chi connectivity index (χ3n) is 6.58. The number of amides is 2. The minimum atomic E-state index is -1.25. The van der Waals surface area contributed by atoms with Gasteiger partial charge in [-0.15, -0.1) is 6.58 Å². The minimum absolute atomic E-state index is 0.125. The number of ether oxygens (including phenoxy) is 1. The van der Waals surface area contributed by atoms with E-state index in [9.17, 15) is 24.6 Å². The van der Waals surface area contributed by atoms with Gasteiger partial charge in [0.1, 0.15) is 11.6 Å². The Hall–Kier alpha value is -1.94. The fourth-order valence-electron chi connectivity index (χ4n) is 5.39. The van der Waals surface area contributed by atoms with Gasteiger partial charge in [0.2, 0.25) is 5.91 Å². The van der Waals surface area contributed by atoms with Crippen molar-refractivity contribution in [3.8, 4) is 0 Å². The van der Waals surface area contributed by atoms with Crippen LogP contribution in [0.5, 0.6) is 0 Å². The molecule has 3 heterocycles. The summed E-state index contributed by atoms with van der Waals surface area (Å²) in [6.07, 6.45) is 1.49. The van der Waals surface area contributed by atoms with E-state index < -0.39 is 41.5 Å². The number of alkyl halides is 1. The van der Waals surface area contributed by atoms with E-state index >= 15 is 0 Å². The first kappa shape index (κ1) is 23.2. The van der Waals surface area contributed by atoms with Crippen molar-refractivity contribution < 1.29 is 29.3 Å². The summed E-state index contributed by atoms with van der Waals surface area (Å²) in [7, 11) is 0. The van der Waals surface area contributed by atoms with Gasteiger partial charge in [0.15, 0.2) is 0 Å². The zero-order valence-corrected chi connectivity index (χ0v) is 19.5. The molecule has 2 N–H and O–H groups in total. The number of fused-ring (bicyclic) bond motifs is 1. The van der Waals surface area contributed by atoms with Crippen LogP contribution in [0.1, 0.15) is 12.8 Å². The Morgan fingerprint density at radius 2 is 2.06 bits per heavy atom. The summed E-state index contributed by atoms with van der Waals surface area (Å²) in [5.74, 6) is -3.91. The normalized spacial score (nSPS) is 32.8. The number of anilines is 1. The van der Waals surface area contributed by atoms with Crippen LogP contribution < -0.4 is 4.90 Å². The summed E-state index contributed by atoms with van der Waals surface area (Å²) < 4.78 is 6.22. The summed E-state index contributed by atoms with van der Waals surface area (Å²) >= 11 is 9.51. The summed E-state index contributed by atoms with van der Waals surface area (Å²) in [4.78, 5) is 42.1. The van der Waals surface area contributed by atoms with Crippen LogP contribution in [0.25, 0.3) is 0 Å². The lowest BCUT2D eigenvalue weighted by atomic mass is 9.70. The summed E-state index contributed by atoms with van der Waals surface area (Å²) in [5.41, 5.74) is -0.677. The minimum Gasteiger partial charge on any atom is -0.481 e. The van der Waals surface area contributed by atoms with E-state index in [2.05, 4.69) is 22.5 Å². The maximum Gasteiger partial charge on any atom is 0.310 e. The highest BCUT2D eigenvalue weighted by molar-refractivity contribution is 9.09. The zero-order chi connectivity index (χ0) is 23.2. The number of carbonyl (C=O) groups excluding carboxylic acids is 2. The van der Waals surface area contributed by atoms with Gasteiger partial charge in [-0.05, 0) is 37.1 Å². The lowest BCUT2D eigenvalue weighted by Crippen LogP contribution is -2.57. The second-order valence-corrected chi connectivity index (χ2v) is 9.94. The molecule has 172 valence electrons. The van der Waals surface area contributed by atoms with E-state index in [1.165, 1.54) is 9.80 Å². The van der Waals surface area contributed by atoms with Crippen LogP contribution in [-0.4, -0.2) is 75.2 Å². The van der Waals surface area contributed by atoms with E-state index in [0.717, 1.165) is 0 Å². The second-order valence-electron chi connectivity index (χ2n) is 8.32. The number of aliphatic hydroxyl groups excluding tert-OH is 1. The molecule has 3 fully saturated rings. The van der Waals surface area contributed by atoms with Gasteiger partial charge in [-0.1, -0.05) is 33.6 Å². The molecule has 0 radical (unpaired) electrons. The Bertz CT molecular complexity index is 943. The molecule has 32 heavy (non-hydrogen) atoms. The molecule has 1 unspecified atom stereocenters. The molecule has 4 rings (SSSR count). The van der Waals surface area contributed by atoms with Gasteiger partial charge in [0.25, 0.3) is 5.91 Å². The standard InChI is InChI=1S/C22H24BrClN2O6/c1-2-8-25(13-6-4-12(24)5-7-13)20(29)18-22-11-14(23)17(32-22)15(21(30)31)16(22)19(28)26(18)9-3-10-27/h2,4-7,14-18,27H,1,3,8-11H2,(H,30,31)/t14?,15-,16+,17-,18-,22+/m1/s1. The highest BCUT2D eigenvalue weighted by atomic mass is 79.9. The average Bonchev–Trinajstić information content (AvgIpc) is 3.34. The van der Waals surface area contributed by atoms with E-state index in [1.54, 1.807) is 30.3 Å². The molecule has 3 aliphatic rings. The lowest BCUT2D eigenvalue weighted by molar-refractivity contribution is -0.149. The molecule has 1 aromatic carbocycles. The largest absolute Gasteiger partial charge is 0.481 e. The summed E-state index contributed by atoms with van der Waals surface area (Å²) in [5, 5.41) is 19.7. The predicted octanol–water partition coefficient (Wildman–Crippen LogP) is 2.07. The van der Waals surface area contributed by atoms with Gasteiger partial charge >= 0.3 is 5.97 Å². The number of carboxylic acid groups (broad SMARTS) is 1. The highest BCUT2D eigenvalue weighted by Crippen LogP contribution is 2.60. The topological polar surface area (TPSA) is 107 Å². The number of hydrogen-bond acceptors (Lipinski definition) is 5. The van der Waals surface area contributed by atoms with Crippen molar-refractivity contribution >= 4 is 51.0 Å². The lowest BCUT2D eigenvalue weighted by Gasteiger charge is -2.37. The van der Waals surface area contributed by atoms with Gasteiger partial charge in [0.05, 0.1) is 17.9 Å². The SMILES string of the molecule is C=CCN(C(=O)[C@H]1N(CCCO)C(=O)[C@@H]2[C@@H](C(=O)O)[C@@H]3O[C@@]21CC3Br)c1ccc(Cl)cc1. The van der Waals surface area contributed by atoms with Crippen molar-refractivity contribution in [3.63, 3.8) is 0 Å². The number of aliphatic carboxylic acids is 1. The van der Waals surface area contributed by atoms with E-state index in [1.807, 2.05) is 0 Å². The molecule has 1 aromatic rings. The number of rotatable bonds is 8. The van der Waals surface area contributed by atoms with Crippen molar-refractivity contribution in [2.24, 2.45) is 11.8 Å². The van der Waals surface area contributed by atoms with E-state index in [-0.39, 0.29) is 36.9 Å². The Labute approximate surface area is 198 Å². The van der Waals surface area contributed by atoms with Crippen molar-refractivity contribution in [2.75, 3.05) is 24.6 Å². The first-order chi connectivity index (χ1) is 15.3. The molecule has 2 amide bonds. The van der Waals surface area contributed by atoms with Crippen LogP contribution in [0, 0.1) is 11.8 Å². The summed E-state index contributed by atoms with van der Waals surface area (Å²) in [6.45, 7) is 3.89. The van der Waals surface area contributed by atoms with Crippen molar-refractivity contribution in [1.29, 1.82) is 0 Å². The predicted molar refractivity (Wildman–Crippen MR) is 121 cm³/mol. The molecular weight excluding hydrogens is 504 g/mol. The van der Waals surface area contributed by atoms with Crippen molar-refractivity contribution in [2.45, 2.75) is 35.4 Å². The second kappa shape index (κ2) is 8.78. The van der Waals surface area contributed by atoms with Crippen LogP contribution in [-0.2, 0) is 19.1 Å². The maximum absolute atomic E-state index is 14.0. The number of aliphatic hydroxyl groups is 1. The van der Waals surface area contributed by atoms with Gasteiger partial charge in [-0.2, -0.15) is 0 Å². The fraction of sp³-hybridized carbons (Fsp3) is 0.500. The number of nitrogens with zero attached hydrogens (tertiary/aromatic N) is 2. The van der Waals surface area contributed by atoms with Crippen molar-refractivity contribution in [1.82, 2.24) is 4.90 Å². The number of benzene rings is 1. The molecule has 8 nitrogen and oxygen atoms in total. The Morgan fingerprint density at radius 1 is 1.38 bits per heavy atom. The zero-order valence-electron chi connectivity index (χ0n) is 17.2. The highest BCUT2D eigenvalue weighted by Gasteiger charge is 2.76. The monoisotopic (exact) mass is 526 g/mol. The van der Waals surface area contributed by atoms with Gasteiger partial charge in [-0.25, -0.2) is 0 Å². The molecule has 0 aromatic heterocycles. The van der Waals surface area contributed by atoms with E-state index in [0.29, 0.717) is 17.1 Å². The molecule has 1 spiro atoms. The molecular formula is C22H24BrClN2O6. The number of hydrogen-bond donors (Lipinski definition) is 2. The first-order valence-electron chi connectivity index (χ1n) is 10.4. The number of carbonyl (C=O) groups is 3. The molecule has 10 heteroatoms. The van der Waals surface area contributed by atoms with Crippen LogP contribution in [0.4, 0.5) is 5.69 Å². The van der Waals surface area contributed by atoms with Crippen LogP contribution in [0.3, 0.4) is 0 Å².